The number of hydrogen-bond donors (Lipinski definition) is 3. The third-order valence-electron chi connectivity index (χ3n) is 2.84. The van der Waals surface area contributed by atoms with Gasteiger partial charge >= 0.3 is 0 Å². The van der Waals surface area contributed by atoms with E-state index in [-0.39, 0.29) is 11.7 Å². The van der Waals surface area contributed by atoms with Crippen LogP contribution >= 0.6 is 0 Å². The molecule has 0 heterocycles. The maximum atomic E-state index is 11.7. The van der Waals surface area contributed by atoms with Gasteiger partial charge in [0.25, 0.3) is 0 Å². The zero-order valence-electron chi connectivity index (χ0n) is 11.1. The van der Waals surface area contributed by atoms with Crippen LogP contribution in [0.15, 0.2) is 48.5 Å². The molecule has 0 atom stereocenters. The fourth-order valence-electron chi connectivity index (χ4n) is 1.65. The molecule has 0 aliphatic rings. The molecule has 0 saturated carbocycles. The predicted octanol–water partition coefficient (Wildman–Crippen LogP) is 2.93. The van der Waals surface area contributed by atoms with E-state index in [0.717, 1.165) is 11.1 Å². The first kappa shape index (κ1) is 13.7. The number of phenols is 1. The molecule has 102 valence electrons. The summed E-state index contributed by atoms with van der Waals surface area (Å²) >= 11 is 0. The van der Waals surface area contributed by atoms with Crippen molar-refractivity contribution in [3.63, 3.8) is 0 Å². The first-order valence-electron chi connectivity index (χ1n) is 6.19. The van der Waals surface area contributed by atoms with Crippen LogP contribution in [0.5, 0.6) is 5.75 Å². The van der Waals surface area contributed by atoms with Gasteiger partial charge in [-0.05, 0) is 42.3 Å². The minimum atomic E-state index is -0.259. The number of anilines is 2. The third-order valence-corrected chi connectivity index (χ3v) is 2.84. The van der Waals surface area contributed by atoms with Crippen molar-refractivity contribution in [2.24, 2.45) is 0 Å². The van der Waals surface area contributed by atoms with E-state index < -0.39 is 0 Å². The van der Waals surface area contributed by atoms with Gasteiger partial charge < -0.3 is 16.2 Å². The summed E-state index contributed by atoms with van der Waals surface area (Å²) < 4.78 is 0. The smallest absolute Gasteiger partial charge is 0.248 e. The number of aryl methyl sites for hydroxylation is 1. The highest BCUT2D eigenvalue weighted by Gasteiger charge is 2.01. The lowest BCUT2D eigenvalue weighted by atomic mass is 10.2. The van der Waals surface area contributed by atoms with Crippen LogP contribution in [0.4, 0.5) is 11.4 Å². The Hall–Kier alpha value is -2.75. The van der Waals surface area contributed by atoms with Gasteiger partial charge in [0, 0.05) is 23.5 Å². The van der Waals surface area contributed by atoms with Gasteiger partial charge in [-0.3, -0.25) is 4.79 Å². The predicted molar refractivity (Wildman–Crippen MR) is 81.4 cm³/mol. The van der Waals surface area contributed by atoms with Gasteiger partial charge in [-0.1, -0.05) is 18.2 Å². The van der Waals surface area contributed by atoms with E-state index in [1.54, 1.807) is 37.3 Å². The molecule has 2 aromatic rings. The zero-order valence-corrected chi connectivity index (χ0v) is 11.1. The van der Waals surface area contributed by atoms with Crippen molar-refractivity contribution < 1.29 is 9.90 Å². The number of nitrogens with two attached hydrogens (primary N) is 1. The van der Waals surface area contributed by atoms with Crippen molar-refractivity contribution in [3.05, 3.63) is 59.7 Å². The molecule has 0 radical (unpaired) electrons. The molecule has 0 unspecified atom stereocenters. The Morgan fingerprint density at radius 1 is 1.20 bits per heavy atom. The first-order valence-corrected chi connectivity index (χ1v) is 6.19. The summed E-state index contributed by atoms with van der Waals surface area (Å²) in [6.45, 7) is 1.79. The molecule has 4 nitrogen and oxygen atoms in total. The highest BCUT2D eigenvalue weighted by Crippen LogP contribution is 2.20. The van der Waals surface area contributed by atoms with Crippen LogP contribution in [-0.4, -0.2) is 11.0 Å². The van der Waals surface area contributed by atoms with E-state index in [1.807, 2.05) is 12.1 Å². The van der Waals surface area contributed by atoms with Gasteiger partial charge in [-0.25, -0.2) is 0 Å². The largest absolute Gasteiger partial charge is 0.508 e. The maximum Gasteiger partial charge on any atom is 0.248 e. The second-order valence-corrected chi connectivity index (χ2v) is 4.49. The van der Waals surface area contributed by atoms with Gasteiger partial charge in [0.2, 0.25) is 5.91 Å². The summed E-state index contributed by atoms with van der Waals surface area (Å²) in [5.41, 5.74) is 8.48. The van der Waals surface area contributed by atoms with Crippen molar-refractivity contribution in [1.29, 1.82) is 0 Å². The van der Waals surface area contributed by atoms with Crippen molar-refractivity contribution >= 4 is 23.4 Å². The number of amides is 1. The minimum absolute atomic E-state index is 0.158. The van der Waals surface area contributed by atoms with Crippen LogP contribution in [0.3, 0.4) is 0 Å². The van der Waals surface area contributed by atoms with E-state index in [2.05, 4.69) is 5.32 Å². The maximum absolute atomic E-state index is 11.7. The quantitative estimate of drug-likeness (QED) is 0.591. The lowest BCUT2D eigenvalue weighted by molar-refractivity contribution is -0.111. The van der Waals surface area contributed by atoms with Gasteiger partial charge in [0.05, 0.1) is 0 Å². The molecule has 20 heavy (non-hydrogen) atoms. The normalized spacial score (nSPS) is 10.7. The molecule has 0 spiro atoms. The Morgan fingerprint density at radius 3 is 2.55 bits per heavy atom. The molecular weight excluding hydrogens is 252 g/mol. The SMILES string of the molecule is Cc1ccc(NC(=O)/C=C/c2ccc(N)cc2)cc1O. The Balaban J connectivity index is 2.01. The van der Waals surface area contributed by atoms with Crippen LogP contribution in [-0.2, 0) is 4.79 Å². The Labute approximate surface area is 117 Å². The van der Waals surface area contributed by atoms with Crippen LogP contribution in [0.1, 0.15) is 11.1 Å². The monoisotopic (exact) mass is 268 g/mol. The van der Waals surface area contributed by atoms with Gasteiger partial charge in [-0.15, -0.1) is 0 Å². The number of benzene rings is 2. The topological polar surface area (TPSA) is 75.4 Å². The Bertz CT molecular complexity index is 646. The van der Waals surface area contributed by atoms with Crippen molar-refractivity contribution in [3.8, 4) is 5.75 Å². The fourth-order valence-corrected chi connectivity index (χ4v) is 1.65. The average Bonchev–Trinajstić information content (AvgIpc) is 2.42. The summed E-state index contributed by atoms with van der Waals surface area (Å²) in [5.74, 6) is -0.101. The number of aromatic hydroxyl groups is 1. The van der Waals surface area contributed by atoms with E-state index in [1.165, 1.54) is 12.1 Å². The van der Waals surface area contributed by atoms with E-state index >= 15 is 0 Å². The van der Waals surface area contributed by atoms with E-state index in [4.69, 9.17) is 5.73 Å². The second kappa shape index (κ2) is 5.93. The van der Waals surface area contributed by atoms with Crippen molar-refractivity contribution in [1.82, 2.24) is 0 Å². The zero-order chi connectivity index (χ0) is 14.5. The number of nitrogens with one attached hydrogen (secondary N) is 1. The lowest BCUT2D eigenvalue weighted by Crippen LogP contribution is -2.07. The fraction of sp³-hybridized carbons (Fsp3) is 0.0625. The van der Waals surface area contributed by atoms with Gasteiger partial charge in [0.15, 0.2) is 0 Å². The van der Waals surface area contributed by atoms with Gasteiger partial charge in [-0.2, -0.15) is 0 Å². The summed E-state index contributed by atoms with van der Waals surface area (Å²) in [7, 11) is 0. The molecule has 0 aliphatic heterocycles. The molecule has 2 aromatic carbocycles. The molecule has 0 fully saturated rings. The third kappa shape index (κ3) is 3.62. The van der Waals surface area contributed by atoms with E-state index in [0.29, 0.717) is 11.4 Å². The molecule has 2 rings (SSSR count). The number of carbonyl (C=O) groups excluding carboxylic acids is 1. The molecular formula is C16H16N2O2. The lowest BCUT2D eigenvalue weighted by Gasteiger charge is -2.04. The average molecular weight is 268 g/mol. The van der Waals surface area contributed by atoms with Crippen molar-refractivity contribution in [2.75, 3.05) is 11.1 Å². The summed E-state index contributed by atoms with van der Waals surface area (Å²) in [6.07, 6.45) is 3.13. The number of rotatable bonds is 3. The van der Waals surface area contributed by atoms with Crippen LogP contribution in [0, 0.1) is 6.92 Å². The van der Waals surface area contributed by atoms with Crippen LogP contribution in [0.2, 0.25) is 0 Å². The standard InChI is InChI=1S/C16H16N2O2/c1-11-2-8-14(10-15(11)19)18-16(20)9-5-12-3-6-13(17)7-4-12/h2-10,19H,17H2,1H3,(H,18,20)/b9-5+. The van der Waals surface area contributed by atoms with Crippen LogP contribution < -0.4 is 11.1 Å². The second-order valence-electron chi connectivity index (χ2n) is 4.49. The number of carbonyl (C=O) groups is 1. The molecule has 4 N–H and O–H groups in total. The number of hydrogen-bond acceptors (Lipinski definition) is 3. The molecule has 0 aromatic heterocycles. The molecule has 0 saturated heterocycles. The Kier molecular flexibility index (Phi) is 4.05. The van der Waals surface area contributed by atoms with Gasteiger partial charge in [0.1, 0.15) is 5.75 Å². The Morgan fingerprint density at radius 2 is 1.90 bits per heavy atom. The van der Waals surface area contributed by atoms with Crippen LogP contribution in [0.25, 0.3) is 6.08 Å². The molecule has 4 heteroatoms. The van der Waals surface area contributed by atoms with Crippen molar-refractivity contribution in [2.45, 2.75) is 6.92 Å². The molecule has 0 bridgehead atoms. The highest BCUT2D eigenvalue weighted by molar-refractivity contribution is 6.02. The first-order chi connectivity index (χ1) is 9.54. The van der Waals surface area contributed by atoms with E-state index in [9.17, 15) is 9.90 Å². The summed E-state index contributed by atoms with van der Waals surface area (Å²) in [5, 5.41) is 12.2. The minimum Gasteiger partial charge on any atom is -0.508 e. The molecule has 0 aliphatic carbocycles. The summed E-state index contributed by atoms with van der Waals surface area (Å²) in [4.78, 5) is 11.7. The molecule has 1 amide bonds. The number of phenolic OH excluding ortho intramolecular Hbond substituents is 1. The summed E-state index contributed by atoms with van der Waals surface area (Å²) in [6, 6.07) is 12.2. The number of nitrogen functional groups attached to an aromatic ring is 1. The highest BCUT2D eigenvalue weighted by atomic mass is 16.3.